The summed E-state index contributed by atoms with van der Waals surface area (Å²) in [6, 6.07) is 4.77. The van der Waals surface area contributed by atoms with Gasteiger partial charge in [0.15, 0.2) is 11.6 Å². The number of carbonyl (C=O) groups excluding carboxylic acids is 1. The molecule has 0 unspecified atom stereocenters. The molecule has 1 fully saturated rings. The number of nitrogens with one attached hydrogen (secondary N) is 2. The van der Waals surface area contributed by atoms with Crippen LogP contribution in [-0.2, 0) is 0 Å². The van der Waals surface area contributed by atoms with Crippen LogP contribution in [0.3, 0.4) is 0 Å². The van der Waals surface area contributed by atoms with Crippen LogP contribution in [0.2, 0.25) is 0 Å². The molecule has 33 heavy (non-hydrogen) atoms. The van der Waals surface area contributed by atoms with Crippen molar-refractivity contribution >= 4 is 23.4 Å². The number of rotatable bonds is 6. The van der Waals surface area contributed by atoms with Crippen LogP contribution in [0.15, 0.2) is 30.7 Å². The minimum atomic E-state index is -0.541. The van der Waals surface area contributed by atoms with E-state index in [1.807, 2.05) is 11.5 Å². The van der Waals surface area contributed by atoms with Crippen molar-refractivity contribution in [1.82, 2.24) is 30.0 Å². The highest BCUT2D eigenvalue weighted by Crippen LogP contribution is 2.42. The second-order valence-electron chi connectivity index (χ2n) is 8.41. The Balaban J connectivity index is 1.50. The third kappa shape index (κ3) is 3.79. The second-order valence-corrected chi connectivity index (χ2v) is 8.41. The van der Waals surface area contributed by atoms with Crippen molar-refractivity contribution in [3.8, 4) is 5.69 Å². The van der Waals surface area contributed by atoms with Crippen LogP contribution in [0, 0.1) is 5.82 Å². The van der Waals surface area contributed by atoms with E-state index in [2.05, 4.69) is 37.6 Å². The molecule has 2 aliphatic rings. The molecule has 0 saturated heterocycles. The maximum absolute atomic E-state index is 14.7. The lowest BCUT2D eigenvalue weighted by Gasteiger charge is -2.40. The number of amides is 1. The smallest absolute Gasteiger partial charge is 0.251 e. The first-order chi connectivity index (χ1) is 16.1. The van der Waals surface area contributed by atoms with Gasteiger partial charge in [0.2, 0.25) is 5.95 Å². The van der Waals surface area contributed by atoms with Gasteiger partial charge >= 0.3 is 0 Å². The molecular formula is C23H27FN8O. The molecule has 1 aliphatic heterocycles. The molecule has 1 amide bonds. The minimum Gasteiger partial charge on any atom is -0.352 e. The molecule has 3 aromatic rings. The number of fused-ring (bicyclic) bond motifs is 3. The molecule has 5 rings (SSSR count). The topological polar surface area (TPSA) is 101 Å². The van der Waals surface area contributed by atoms with E-state index in [9.17, 15) is 9.18 Å². The molecule has 1 atom stereocenters. The van der Waals surface area contributed by atoms with Crippen molar-refractivity contribution in [3.63, 3.8) is 0 Å². The van der Waals surface area contributed by atoms with Crippen LogP contribution in [0.25, 0.3) is 5.69 Å². The molecule has 2 aromatic heterocycles. The van der Waals surface area contributed by atoms with Gasteiger partial charge in [-0.2, -0.15) is 4.98 Å². The molecule has 9 nitrogen and oxygen atoms in total. The highest BCUT2D eigenvalue weighted by Gasteiger charge is 2.38. The minimum absolute atomic E-state index is 0.0685. The lowest BCUT2D eigenvalue weighted by molar-refractivity contribution is 0.0955. The largest absolute Gasteiger partial charge is 0.352 e. The maximum Gasteiger partial charge on any atom is 0.251 e. The lowest BCUT2D eigenvalue weighted by atomic mass is 10.0. The van der Waals surface area contributed by atoms with Crippen LogP contribution >= 0.6 is 0 Å². The molecule has 0 spiro atoms. The number of hydrogen-bond donors (Lipinski definition) is 2. The summed E-state index contributed by atoms with van der Waals surface area (Å²) >= 11 is 0. The number of carbonyl (C=O) groups is 1. The Morgan fingerprint density at radius 1 is 1.24 bits per heavy atom. The van der Waals surface area contributed by atoms with E-state index >= 15 is 0 Å². The predicted octanol–water partition coefficient (Wildman–Crippen LogP) is 3.90. The van der Waals surface area contributed by atoms with Crippen molar-refractivity contribution in [1.29, 1.82) is 0 Å². The van der Waals surface area contributed by atoms with Crippen molar-refractivity contribution in [2.75, 3.05) is 16.8 Å². The SMILES string of the molecule is CCNC(=O)c1ccc(Nc2ncc3c(n2)N(C2CCCC2)[C@H](CC)c2nncn2-3)c(F)c1. The fourth-order valence-corrected chi connectivity index (χ4v) is 4.85. The molecular weight excluding hydrogens is 423 g/mol. The molecule has 0 bridgehead atoms. The van der Waals surface area contributed by atoms with Gasteiger partial charge in [-0.05, 0) is 44.4 Å². The van der Waals surface area contributed by atoms with Gasteiger partial charge in [0.05, 0.1) is 17.9 Å². The number of aromatic nitrogens is 5. The number of anilines is 3. The van der Waals surface area contributed by atoms with E-state index in [0.717, 1.165) is 36.6 Å². The fraction of sp³-hybridized carbons (Fsp3) is 0.435. The Labute approximate surface area is 191 Å². The first-order valence-electron chi connectivity index (χ1n) is 11.5. The molecule has 10 heteroatoms. The van der Waals surface area contributed by atoms with E-state index in [0.29, 0.717) is 18.5 Å². The number of benzene rings is 1. The van der Waals surface area contributed by atoms with Crippen molar-refractivity contribution in [3.05, 3.63) is 47.9 Å². The summed E-state index contributed by atoms with van der Waals surface area (Å²) in [4.78, 5) is 23.6. The molecule has 172 valence electrons. The van der Waals surface area contributed by atoms with E-state index < -0.39 is 5.82 Å². The van der Waals surface area contributed by atoms with E-state index in [4.69, 9.17) is 4.98 Å². The summed E-state index contributed by atoms with van der Waals surface area (Å²) in [5.41, 5.74) is 1.30. The number of halogens is 1. The Morgan fingerprint density at radius 2 is 2.06 bits per heavy atom. The summed E-state index contributed by atoms with van der Waals surface area (Å²) < 4.78 is 16.7. The second kappa shape index (κ2) is 8.76. The van der Waals surface area contributed by atoms with Crippen LogP contribution in [0.5, 0.6) is 0 Å². The summed E-state index contributed by atoms with van der Waals surface area (Å²) in [6.45, 7) is 4.44. The molecule has 3 heterocycles. The van der Waals surface area contributed by atoms with Gasteiger partial charge in [0.1, 0.15) is 17.8 Å². The van der Waals surface area contributed by atoms with Gasteiger partial charge in [-0.25, -0.2) is 9.37 Å². The van der Waals surface area contributed by atoms with Gasteiger partial charge in [-0.1, -0.05) is 19.8 Å². The van der Waals surface area contributed by atoms with Gasteiger partial charge in [0, 0.05) is 18.2 Å². The third-order valence-electron chi connectivity index (χ3n) is 6.38. The van der Waals surface area contributed by atoms with Crippen molar-refractivity contribution < 1.29 is 9.18 Å². The zero-order valence-corrected chi connectivity index (χ0v) is 18.8. The van der Waals surface area contributed by atoms with E-state index in [-0.39, 0.29) is 23.2 Å². The summed E-state index contributed by atoms with van der Waals surface area (Å²) in [5.74, 6) is 1.15. The van der Waals surface area contributed by atoms with E-state index in [1.165, 1.54) is 25.0 Å². The van der Waals surface area contributed by atoms with Crippen LogP contribution in [0.4, 0.5) is 21.8 Å². The molecule has 0 radical (unpaired) electrons. The third-order valence-corrected chi connectivity index (χ3v) is 6.38. The molecule has 1 saturated carbocycles. The standard InChI is InChI=1S/C23H27FN8O/c1-3-18-21-30-27-13-31(21)19-12-26-23(29-20(19)32(18)15-7-5-6-8-15)28-17-10-9-14(11-16(17)24)22(33)25-4-2/h9-13,15,18H,3-8H2,1-2H3,(H,25,33)(H,26,28,29)/t18-/m1/s1. The highest BCUT2D eigenvalue weighted by atomic mass is 19.1. The normalized spacial score (nSPS) is 17.5. The van der Waals surface area contributed by atoms with Gasteiger partial charge < -0.3 is 15.5 Å². The summed E-state index contributed by atoms with van der Waals surface area (Å²) in [5, 5.41) is 14.2. The molecule has 2 N–H and O–H groups in total. The van der Waals surface area contributed by atoms with Crippen LogP contribution in [0.1, 0.15) is 68.2 Å². The summed E-state index contributed by atoms with van der Waals surface area (Å²) in [6.07, 6.45) is 8.89. The highest BCUT2D eigenvalue weighted by molar-refractivity contribution is 5.94. The van der Waals surface area contributed by atoms with Crippen molar-refractivity contribution in [2.45, 2.75) is 58.0 Å². The number of hydrogen-bond acceptors (Lipinski definition) is 7. The zero-order valence-electron chi connectivity index (χ0n) is 18.8. The fourth-order valence-electron chi connectivity index (χ4n) is 4.85. The predicted molar refractivity (Wildman–Crippen MR) is 122 cm³/mol. The first-order valence-corrected chi connectivity index (χ1v) is 11.5. The number of nitrogens with zero attached hydrogens (tertiary/aromatic N) is 6. The summed E-state index contributed by atoms with van der Waals surface area (Å²) in [7, 11) is 0. The molecule has 1 aliphatic carbocycles. The Morgan fingerprint density at radius 3 is 2.79 bits per heavy atom. The maximum atomic E-state index is 14.7. The molecule has 1 aromatic carbocycles. The Kier molecular flexibility index (Phi) is 5.65. The Hall–Kier alpha value is -3.56. The van der Waals surface area contributed by atoms with Crippen LogP contribution in [-0.4, -0.2) is 43.2 Å². The van der Waals surface area contributed by atoms with Gasteiger partial charge in [-0.3, -0.25) is 9.36 Å². The van der Waals surface area contributed by atoms with Gasteiger partial charge in [-0.15, -0.1) is 10.2 Å². The average molecular weight is 451 g/mol. The van der Waals surface area contributed by atoms with Crippen molar-refractivity contribution in [2.24, 2.45) is 0 Å². The lowest BCUT2D eigenvalue weighted by Crippen LogP contribution is -2.42. The zero-order chi connectivity index (χ0) is 22.9. The van der Waals surface area contributed by atoms with Gasteiger partial charge in [0.25, 0.3) is 5.91 Å². The monoisotopic (exact) mass is 450 g/mol. The van der Waals surface area contributed by atoms with Crippen LogP contribution < -0.4 is 15.5 Å². The first kappa shape index (κ1) is 21.3. The van der Waals surface area contributed by atoms with E-state index in [1.54, 1.807) is 18.6 Å². The quantitative estimate of drug-likeness (QED) is 0.587. The average Bonchev–Trinajstić information content (AvgIpc) is 3.52. The Bertz CT molecular complexity index is 1170.